The van der Waals surface area contributed by atoms with Gasteiger partial charge in [-0.2, -0.15) is 13.2 Å². The third-order valence-electron chi connectivity index (χ3n) is 2.80. The predicted octanol–water partition coefficient (Wildman–Crippen LogP) is 3.25. The Morgan fingerprint density at radius 2 is 2.14 bits per heavy atom. The van der Waals surface area contributed by atoms with E-state index in [4.69, 9.17) is 0 Å². The number of aromatic nitrogens is 1. The van der Waals surface area contributed by atoms with E-state index in [0.717, 1.165) is 12.1 Å². The van der Waals surface area contributed by atoms with Gasteiger partial charge in [-0.1, -0.05) is 11.3 Å². The number of nitrogens with zero attached hydrogens (tertiary/aromatic N) is 1. The molecule has 2 aromatic rings. The first kappa shape index (κ1) is 15.6. The molecule has 1 unspecified atom stereocenters. The lowest BCUT2D eigenvalue weighted by molar-refractivity contribution is -0.137. The molecule has 1 amide bonds. The fraction of sp³-hybridized carbons (Fsp3) is 0.385. The van der Waals surface area contributed by atoms with Gasteiger partial charge in [-0.25, -0.2) is 4.98 Å². The molecular weight excluding hydrogens is 303 g/mol. The summed E-state index contributed by atoms with van der Waals surface area (Å²) in [6.45, 7) is 3.98. The number of rotatable bonds is 4. The molecule has 0 aliphatic carbocycles. The number of carbonyl (C=O) groups is 1. The number of amides is 1. The summed E-state index contributed by atoms with van der Waals surface area (Å²) < 4.78 is 38.5. The monoisotopic (exact) mass is 317 g/mol. The van der Waals surface area contributed by atoms with Crippen molar-refractivity contribution >= 4 is 32.6 Å². The van der Waals surface area contributed by atoms with Gasteiger partial charge in [0.1, 0.15) is 6.04 Å². The zero-order valence-corrected chi connectivity index (χ0v) is 12.2. The van der Waals surface area contributed by atoms with Crippen molar-refractivity contribution in [3.8, 4) is 0 Å². The summed E-state index contributed by atoms with van der Waals surface area (Å²) >= 11 is 1.21. The number of nitrogens with one attached hydrogen (secondary N) is 2. The zero-order chi connectivity index (χ0) is 15.6. The Hall–Kier alpha value is -1.83. The number of hydrogen-bond donors (Lipinski definition) is 2. The van der Waals surface area contributed by atoms with Crippen LogP contribution in [-0.2, 0) is 11.0 Å². The largest absolute Gasteiger partial charge is 0.416 e. The Labute approximate surface area is 123 Å². The third kappa shape index (κ3) is 3.63. The van der Waals surface area contributed by atoms with Gasteiger partial charge in [0.2, 0.25) is 5.91 Å². The molecule has 21 heavy (non-hydrogen) atoms. The van der Waals surface area contributed by atoms with Crippen LogP contribution in [0.2, 0.25) is 0 Å². The second-order valence-corrected chi connectivity index (χ2v) is 5.49. The van der Waals surface area contributed by atoms with E-state index in [9.17, 15) is 18.0 Å². The fourth-order valence-corrected chi connectivity index (χ4v) is 2.68. The van der Waals surface area contributed by atoms with Crippen LogP contribution >= 0.6 is 11.3 Å². The molecule has 1 aromatic heterocycles. The standard InChI is InChI=1S/C13H14F3N3OS/c1-3-17-11(20)7(2)18-12-19-9-6-8(13(14,15)16)4-5-10(9)21-12/h4-7H,3H2,1-2H3,(H,17,20)(H,18,19). The Bertz CT molecular complexity index is 654. The maximum absolute atomic E-state index is 12.6. The van der Waals surface area contributed by atoms with E-state index in [1.165, 1.54) is 17.4 Å². The normalized spacial score (nSPS) is 13.2. The summed E-state index contributed by atoms with van der Waals surface area (Å²) in [5.74, 6) is -0.187. The number of anilines is 1. The Kier molecular flexibility index (Phi) is 4.36. The number of fused-ring (bicyclic) bond motifs is 1. The van der Waals surface area contributed by atoms with Gasteiger partial charge in [0.15, 0.2) is 5.13 Å². The highest BCUT2D eigenvalue weighted by molar-refractivity contribution is 7.22. The lowest BCUT2D eigenvalue weighted by atomic mass is 10.2. The molecule has 1 atom stereocenters. The Morgan fingerprint density at radius 1 is 1.43 bits per heavy atom. The molecule has 4 nitrogen and oxygen atoms in total. The molecule has 0 aliphatic heterocycles. The second kappa shape index (κ2) is 5.88. The number of alkyl halides is 3. The van der Waals surface area contributed by atoms with E-state index in [1.54, 1.807) is 13.8 Å². The van der Waals surface area contributed by atoms with Gasteiger partial charge in [0.05, 0.1) is 15.8 Å². The molecule has 0 fully saturated rings. The van der Waals surface area contributed by atoms with Crippen molar-refractivity contribution in [3.05, 3.63) is 23.8 Å². The van der Waals surface area contributed by atoms with Gasteiger partial charge in [-0.3, -0.25) is 4.79 Å². The second-order valence-electron chi connectivity index (χ2n) is 4.46. The van der Waals surface area contributed by atoms with Gasteiger partial charge in [-0.05, 0) is 32.0 Å². The summed E-state index contributed by atoms with van der Waals surface area (Å²) in [4.78, 5) is 15.7. The van der Waals surface area contributed by atoms with Crippen molar-refractivity contribution in [1.29, 1.82) is 0 Å². The van der Waals surface area contributed by atoms with Crippen LogP contribution in [0.1, 0.15) is 19.4 Å². The molecule has 114 valence electrons. The van der Waals surface area contributed by atoms with Crippen LogP contribution in [0.3, 0.4) is 0 Å². The van der Waals surface area contributed by atoms with Crippen LogP contribution < -0.4 is 10.6 Å². The minimum absolute atomic E-state index is 0.187. The quantitative estimate of drug-likeness (QED) is 0.910. The van der Waals surface area contributed by atoms with Crippen molar-refractivity contribution in [1.82, 2.24) is 10.3 Å². The maximum atomic E-state index is 12.6. The van der Waals surface area contributed by atoms with Crippen molar-refractivity contribution in [2.24, 2.45) is 0 Å². The van der Waals surface area contributed by atoms with Crippen LogP contribution in [0.5, 0.6) is 0 Å². The van der Waals surface area contributed by atoms with Crippen LogP contribution in [-0.4, -0.2) is 23.5 Å². The van der Waals surface area contributed by atoms with E-state index in [1.807, 2.05) is 0 Å². The molecule has 0 bridgehead atoms. The molecule has 0 spiro atoms. The highest BCUT2D eigenvalue weighted by Gasteiger charge is 2.30. The Balaban J connectivity index is 2.21. The van der Waals surface area contributed by atoms with E-state index in [0.29, 0.717) is 16.4 Å². The first-order chi connectivity index (χ1) is 9.81. The molecule has 0 saturated heterocycles. The molecule has 8 heteroatoms. The summed E-state index contributed by atoms with van der Waals surface area (Å²) in [5.41, 5.74) is -0.468. The van der Waals surface area contributed by atoms with Crippen LogP contribution in [0, 0.1) is 0 Å². The SMILES string of the molecule is CCNC(=O)C(C)Nc1nc2cc(C(F)(F)F)ccc2s1. The van der Waals surface area contributed by atoms with Gasteiger partial charge < -0.3 is 10.6 Å². The van der Waals surface area contributed by atoms with Crippen molar-refractivity contribution in [2.75, 3.05) is 11.9 Å². The number of likely N-dealkylation sites (N-methyl/N-ethyl adjacent to an activating group) is 1. The van der Waals surface area contributed by atoms with Crippen LogP contribution in [0.15, 0.2) is 18.2 Å². The summed E-state index contributed by atoms with van der Waals surface area (Å²) in [7, 11) is 0. The van der Waals surface area contributed by atoms with Gasteiger partial charge in [0, 0.05) is 6.54 Å². The lowest BCUT2D eigenvalue weighted by Crippen LogP contribution is -2.37. The number of hydrogen-bond acceptors (Lipinski definition) is 4. The molecule has 0 aliphatic rings. The molecule has 2 rings (SSSR count). The molecule has 2 N–H and O–H groups in total. The summed E-state index contributed by atoms with van der Waals surface area (Å²) in [6.07, 6.45) is -4.39. The van der Waals surface area contributed by atoms with E-state index in [2.05, 4.69) is 15.6 Å². The average Bonchev–Trinajstić information content (AvgIpc) is 2.78. The summed E-state index contributed by atoms with van der Waals surface area (Å²) in [6, 6.07) is 2.91. The van der Waals surface area contributed by atoms with E-state index in [-0.39, 0.29) is 11.4 Å². The zero-order valence-electron chi connectivity index (χ0n) is 11.4. The molecule has 0 saturated carbocycles. The fourth-order valence-electron chi connectivity index (χ4n) is 1.74. The highest BCUT2D eigenvalue weighted by atomic mass is 32.1. The minimum atomic E-state index is -4.39. The van der Waals surface area contributed by atoms with Crippen LogP contribution in [0.4, 0.5) is 18.3 Å². The Morgan fingerprint density at radius 3 is 2.76 bits per heavy atom. The van der Waals surface area contributed by atoms with Crippen molar-refractivity contribution in [2.45, 2.75) is 26.1 Å². The smallest absolute Gasteiger partial charge is 0.355 e. The maximum Gasteiger partial charge on any atom is 0.416 e. The predicted molar refractivity (Wildman–Crippen MR) is 76.4 cm³/mol. The van der Waals surface area contributed by atoms with Crippen molar-refractivity contribution < 1.29 is 18.0 Å². The van der Waals surface area contributed by atoms with E-state index < -0.39 is 17.8 Å². The number of benzene rings is 1. The van der Waals surface area contributed by atoms with E-state index >= 15 is 0 Å². The molecular formula is C13H14F3N3OS. The summed E-state index contributed by atoms with van der Waals surface area (Å²) in [5, 5.41) is 5.96. The van der Waals surface area contributed by atoms with Crippen molar-refractivity contribution in [3.63, 3.8) is 0 Å². The topological polar surface area (TPSA) is 54.0 Å². The van der Waals surface area contributed by atoms with Crippen LogP contribution in [0.25, 0.3) is 10.2 Å². The molecule has 0 radical (unpaired) electrons. The lowest BCUT2D eigenvalue weighted by Gasteiger charge is -2.11. The third-order valence-corrected chi connectivity index (χ3v) is 3.77. The van der Waals surface area contributed by atoms with Gasteiger partial charge in [0.25, 0.3) is 0 Å². The first-order valence-electron chi connectivity index (χ1n) is 6.33. The van der Waals surface area contributed by atoms with Gasteiger partial charge in [-0.15, -0.1) is 0 Å². The van der Waals surface area contributed by atoms with Gasteiger partial charge >= 0.3 is 6.18 Å². The number of halogens is 3. The number of carbonyl (C=O) groups excluding carboxylic acids is 1. The molecule has 1 aromatic carbocycles. The molecule has 1 heterocycles. The average molecular weight is 317 g/mol. The number of thiazole rings is 1. The minimum Gasteiger partial charge on any atom is -0.355 e. The highest BCUT2D eigenvalue weighted by Crippen LogP contribution is 2.34. The first-order valence-corrected chi connectivity index (χ1v) is 7.15.